The fourth-order valence-corrected chi connectivity index (χ4v) is 2.59. The fourth-order valence-electron chi connectivity index (χ4n) is 2.59. The Bertz CT molecular complexity index is 425. The van der Waals surface area contributed by atoms with Crippen LogP contribution in [0.4, 0.5) is 5.82 Å². The summed E-state index contributed by atoms with van der Waals surface area (Å²) in [4.78, 5) is 16.5. The van der Waals surface area contributed by atoms with Gasteiger partial charge in [-0.25, -0.2) is 4.98 Å². The first-order valence-electron chi connectivity index (χ1n) is 6.60. The Morgan fingerprint density at radius 1 is 1.33 bits per heavy atom. The predicted octanol–water partition coefficient (Wildman–Crippen LogP) is 2.58. The topological polar surface area (TPSA) is 54.0 Å². The van der Waals surface area contributed by atoms with Crippen molar-refractivity contribution in [3.05, 3.63) is 23.9 Å². The summed E-state index contributed by atoms with van der Waals surface area (Å²) in [5.74, 6) is 0.603. The maximum Gasteiger partial charge on any atom is 0.255 e. The van der Waals surface area contributed by atoms with Gasteiger partial charge >= 0.3 is 0 Å². The lowest BCUT2D eigenvalue weighted by atomic mass is 9.83. The van der Waals surface area contributed by atoms with Crippen LogP contribution >= 0.6 is 0 Å². The molecule has 0 bridgehead atoms. The van der Waals surface area contributed by atoms with Crippen LogP contribution in [0.5, 0.6) is 0 Å². The van der Waals surface area contributed by atoms with Gasteiger partial charge in [0.2, 0.25) is 0 Å². The van der Waals surface area contributed by atoms with Crippen molar-refractivity contribution < 1.29 is 4.79 Å². The van der Waals surface area contributed by atoms with Gasteiger partial charge in [0.05, 0.1) is 5.56 Å². The maximum atomic E-state index is 12.3. The molecule has 0 spiro atoms. The molecule has 0 radical (unpaired) electrons. The number of anilines is 1. The first-order valence-corrected chi connectivity index (χ1v) is 6.60. The third-order valence-corrected chi connectivity index (χ3v) is 3.66. The number of carbonyl (C=O) groups is 1. The first kappa shape index (κ1) is 12.9. The molecule has 0 atom stereocenters. The number of rotatable bonds is 3. The van der Waals surface area contributed by atoms with Crippen LogP contribution in [0.2, 0.25) is 0 Å². The number of aromatic nitrogens is 1. The van der Waals surface area contributed by atoms with Crippen molar-refractivity contribution in [1.29, 1.82) is 0 Å². The monoisotopic (exact) mass is 247 g/mol. The van der Waals surface area contributed by atoms with Crippen LogP contribution in [0.1, 0.15) is 49.4 Å². The van der Waals surface area contributed by atoms with Crippen LogP contribution < -0.4 is 10.6 Å². The first-order chi connectivity index (χ1) is 8.64. The minimum Gasteiger partial charge on any atom is -0.372 e. The maximum absolute atomic E-state index is 12.3. The summed E-state index contributed by atoms with van der Waals surface area (Å²) in [7, 11) is 1.78. The smallest absolute Gasteiger partial charge is 0.255 e. The summed E-state index contributed by atoms with van der Waals surface area (Å²) < 4.78 is 0. The number of hydrogen-bond acceptors (Lipinski definition) is 3. The van der Waals surface area contributed by atoms with E-state index in [1.54, 1.807) is 25.4 Å². The summed E-state index contributed by atoms with van der Waals surface area (Å²) in [6, 6.07) is 3.60. The van der Waals surface area contributed by atoms with E-state index in [4.69, 9.17) is 0 Å². The van der Waals surface area contributed by atoms with E-state index in [9.17, 15) is 4.79 Å². The SMILES string of the molecule is CNc1ncccc1C(=O)NC1(C)CCCCC1. The lowest BCUT2D eigenvalue weighted by Crippen LogP contribution is -2.47. The highest BCUT2D eigenvalue weighted by atomic mass is 16.1. The molecule has 1 aliphatic carbocycles. The van der Waals surface area contributed by atoms with Gasteiger partial charge in [-0.3, -0.25) is 4.79 Å². The van der Waals surface area contributed by atoms with Crippen molar-refractivity contribution in [2.24, 2.45) is 0 Å². The molecule has 1 aromatic heterocycles. The predicted molar refractivity (Wildman–Crippen MR) is 72.7 cm³/mol. The minimum atomic E-state index is -0.0593. The Labute approximate surface area is 108 Å². The Kier molecular flexibility index (Phi) is 3.84. The molecule has 0 saturated heterocycles. The fraction of sp³-hybridized carbons (Fsp3) is 0.571. The Morgan fingerprint density at radius 2 is 2.06 bits per heavy atom. The van der Waals surface area contributed by atoms with Gasteiger partial charge in [-0.15, -0.1) is 0 Å². The summed E-state index contributed by atoms with van der Waals surface area (Å²) in [6.45, 7) is 2.14. The summed E-state index contributed by atoms with van der Waals surface area (Å²) in [5.41, 5.74) is 0.558. The zero-order valence-corrected chi connectivity index (χ0v) is 11.1. The standard InChI is InChI=1S/C14H21N3O/c1-14(8-4-3-5-9-14)17-13(18)11-7-6-10-16-12(11)15-2/h6-7,10H,3-5,8-9H2,1-2H3,(H,15,16)(H,17,18). The molecule has 1 heterocycles. The summed E-state index contributed by atoms with van der Waals surface area (Å²) in [6.07, 6.45) is 7.48. The highest BCUT2D eigenvalue weighted by Gasteiger charge is 2.29. The third kappa shape index (κ3) is 2.81. The third-order valence-electron chi connectivity index (χ3n) is 3.66. The van der Waals surface area contributed by atoms with Crippen LogP contribution in [0.25, 0.3) is 0 Å². The van der Waals surface area contributed by atoms with E-state index >= 15 is 0 Å². The van der Waals surface area contributed by atoms with Crippen molar-refractivity contribution in [2.45, 2.75) is 44.6 Å². The number of pyridine rings is 1. The lowest BCUT2D eigenvalue weighted by Gasteiger charge is -2.34. The van der Waals surface area contributed by atoms with Gasteiger partial charge in [-0.05, 0) is 31.9 Å². The van der Waals surface area contributed by atoms with Crippen LogP contribution in [0.3, 0.4) is 0 Å². The van der Waals surface area contributed by atoms with E-state index in [0.29, 0.717) is 11.4 Å². The summed E-state index contributed by atoms with van der Waals surface area (Å²) in [5, 5.41) is 6.12. The molecule has 1 aliphatic rings. The van der Waals surface area contributed by atoms with Gasteiger partial charge in [0.15, 0.2) is 0 Å². The Hall–Kier alpha value is -1.58. The second-order valence-electron chi connectivity index (χ2n) is 5.23. The van der Waals surface area contributed by atoms with Gasteiger partial charge in [-0.1, -0.05) is 19.3 Å². The normalized spacial score (nSPS) is 18.1. The number of amides is 1. The average Bonchev–Trinajstić information content (AvgIpc) is 2.39. The van der Waals surface area contributed by atoms with Crippen LogP contribution in [-0.2, 0) is 0 Å². The highest BCUT2D eigenvalue weighted by molar-refractivity contribution is 5.99. The Balaban J connectivity index is 2.11. The van der Waals surface area contributed by atoms with E-state index in [1.807, 2.05) is 0 Å². The molecule has 2 N–H and O–H groups in total. The molecular formula is C14H21N3O. The van der Waals surface area contributed by atoms with E-state index in [1.165, 1.54) is 19.3 Å². The molecule has 98 valence electrons. The molecular weight excluding hydrogens is 226 g/mol. The molecule has 0 aromatic carbocycles. The number of hydrogen-bond donors (Lipinski definition) is 2. The van der Waals surface area contributed by atoms with Crippen LogP contribution in [0, 0.1) is 0 Å². The van der Waals surface area contributed by atoms with E-state index in [0.717, 1.165) is 12.8 Å². The average molecular weight is 247 g/mol. The van der Waals surface area contributed by atoms with Crippen molar-refractivity contribution >= 4 is 11.7 Å². The van der Waals surface area contributed by atoms with Gasteiger partial charge in [-0.2, -0.15) is 0 Å². The molecule has 1 aromatic rings. The zero-order valence-electron chi connectivity index (χ0n) is 11.1. The second-order valence-corrected chi connectivity index (χ2v) is 5.23. The molecule has 2 rings (SSSR count). The number of nitrogens with zero attached hydrogens (tertiary/aromatic N) is 1. The second kappa shape index (κ2) is 5.38. The molecule has 1 fully saturated rings. The van der Waals surface area contributed by atoms with Gasteiger partial charge in [0.1, 0.15) is 5.82 Å². The lowest BCUT2D eigenvalue weighted by molar-refractivity contribution is 0.0883. The van der Waals surface area contributed by atoms with Crippen molar-refractivity contribution in [2.75, 3.05) is 12.4 Å². The quantitative estimate of drug-likeness (QED) is 0.863. The largest absolute Gasteiger partial charge is 0.372 e. The molecule has 0 aliphatic heterocycles. The number of nitrogens with one attached hydrogen (secondary N) is 2. The summed E-state index contributed by atoms with van der Waals surface area (Å²) >= 11 is 0. The molecule has 18 heavy (non-hydrogen) atoms. The molecule has 4 heteroatoms. The Morgan fingerprint density at radius 3 is 2.72 bits per heavy atom. The van der Waals surface area contributed by atoms with Crippen molar-refractivity contribution in [3.8, 4) is 0 Å². The van der Waals surface area contributed by atoms with Crippen LogP contribution in [0.15, 0.2) is 18.3 Å². The van der Waals surface area contributed by atoms with E-state index < -0.39 is 0 Å². The molecule has 1 saturated carbocycles. The van der Waals surface area contributed by atoms with Gasteiger partial charge in [0, 0.05) is 18.8 Å². The molecule has 0 unspecified atom stereocenters. The van der Waals surface area contributed by atoms with E-state index in [2.05, 4.69) is 22.5 Å². The molecule has 4 nitrogen and oxygen atoms in total. The minimum absolute atomic E-state index is 0.0307. The van der Waals surface area contributed by atoms with Crippen molar-refractivity contribution in [1.82, 2.24) is 10.3 Å². The van der Waals surface area contributed by atoms with E-state index in [-0.39, 0.29) is 11.4 Å². The van der Waals surface area contributed by atoms with Gasteiger partial charge in [0.25, 0.3) is 5.91 Å². The number of carbonyl (C=O) groups excluding carboxylic acids is 1. The van der Waals surface area contributed by atoms with Gasteiger partial charge < -0.3 is 10.6 Å². The molecule has 1 amide bonds. The van der Waals surface area contributed by atoms with Crippen molar-refractivity contribution in [3.63, 3.8) is 0 Å². The highest BCUT2D eigenvalue weighted by Crippen LogP contribution is 2.28. The van der Waals surface area contributed by atoms with Crippen LogP contribution in [-0.4, -0.2) is 23.5 Å². The zero-order chi connectivity index (χ0) is 13.0.